The fourth-order valence-corrected chi connectivity index (χ4v) is 6.89. The number of hydrogen-bond donors (Lipinski definition) is 3. The number of rotatable bonds is 7. The molecule has 0 saturated heterocycles. The molecule has 4 unspecified atom stereocenters. The van der Waals surface area contributed by atoms with Crippen molar-refractivity contribution >= 4 is 23.4 Å². The highest BCUT2D eigenvalue weighted by atomic mass is 35.5. The minimum atomic E-state index is -4.17. The van der Waals surface area contributed by atoms with E-state index in [1.165, 1.54) is 0 Å². The third-order valence-electron chi connectivity index (χ3n) is 8.99. The molecule has 0 radical (unpaired) electrons. The zero-order valence-electron chi connectivity index (χ0n) is 20.4. The van der Waals surface area contributed by atoms with Crippen LogP contribution in [-0.4, -0.2) is 64.5 Å². The van der Waals surface area contributed by atoms with E-state index in [1.54, 1.807) is 0 Å². The number of carbonyl (C=O) groups excluding carboxylic acids is 2. The lowest BCUT2D eigenvalue weighted by molar-refractivity contribution is -0.184. The number of carbonyl (C=O) groups is 2. The molecule has 5 aliphatic carbocycles. The molecule has 0 aromatic carbocycles. The van der Waals surface area contributed by atoms with Gasteiger partial charge in [0.05, 0.1) is 29.0 Å². The molecule has 0 aliphatic heterocycles. The van der Waals surface area contributed by atoms with E-state index in [4.69, 9.17) is 16.3 Å². The first-order valence-electron chi connectivity index (χ1n) is 13.2. The van der Waals surface area contributed by atoms with Crippen LogP contribution in [0.25, 0.3) is 0 Å². The summed E-state index contributed by atoms with van der Waals surface area (Å²) in [7, 11) is 0. The topological polar surface area (TPSA) is 87.7 Å². The number of halogens is 5. The van der Waals surface area contributed by atoms with E-state index < -0.39 is 40.8 Å². The van der Waals surface area contributed by atoms with Crippen molar-refractivity contribution in [2.24, 2.45) is 11.8 Å². The van der Waals surface area contributed by atoms with Crippen LogP contribution in [0.5, 0.6) is 0 Å². The van der Waals surface area contributed by atoms with Gasteiger partial charge in [-0.2, -0.15) is 13.2 Å². The first-order chi connectivity index (χ1) is 16.9. The highest BCUT2D eigenvalue weighted by Gasteiger charge is 2.55. The summed E-state index contributed by atoms with van der Waals surface area (Å²) < 4.78 is 58.1. The Morgan fingerprint density at radius 2 is 1.64 bits per heavy atom. The van der Waals surface area contributed by atoms with E-state index in [9.17, 15) is 32.3 Å². The minimum Gasteiger partial charge on any atom is -0.391 e. The molecule has 0 heterocycles. The lowest BCUT2D eigenvalue weighted by atomic mass is 9.59. The van der Waals surface area contributed by atoms with Crippen LogP contribution in [0.1, 0.15) is 83.5 Å². The predicted octanol–water partition coefficient (Wildman–Crippen LogP) is 4.31. The summed E-state index contributed by atoms with van der Waals surface area (Å²) in [5.74, 6) is -1.88. The molecule has 0 spiro atoms. The summed E-state index contributed by atoms with van der Waals surface area (Å²) >= 11 is 5.89. The Balaban J connectivity index is 1.21. The van der Waals surface area contributed by atoms with Crippen LogP contribution in [0.2, 0.25) is 0 Å². The van der Waals surface area contributed by atoms with Gasteiger partial charge >= 0.3 is 6.18 Å². The molecular weight excluding hydrogens is 504 g/mol. The highest BCUT2D eigenvalue weighted by Crippen LogP contribution is 2.47. The molecule has 5 aliphatic rings. The first kappa shape index (κ1) is 27.9. The Morgan fingerprint density at radius 1 is 0.972 bits per heavy atom. The van der Waals surface area contributed by atoms with Crippen molar-refractivity contribution in [1.82, 2.24) is 10.6 Å². The molecule has 5 saturated carbocycles. The van der Waals surface area contributed by atoms with E-state index in [0.29, 0.717) is 57.8 Å². The lowest BCUT2D eigenvalue weighted by Gasteiger charge is -2.56. The molecule has 3 N–H and O–H groups in total. The molecule has 6 nitrogen and oxygen atoms in total. The van der Waals surface area contributed by atoms with Gasteiger partial charge in [-0.25, -0.2) is 4.39 Å². The summed E-state index contributed by atoms with van der Waals surface area (Å²) in [6.07, 6.45) is -1.64. The van der Waals surface area contributed by atoms with Crippen LogP contribution < -0.4 is 10.6 Å². The summed E-state index contributed by atoms with van der Waals surface area (Å²) in [6, 6.07) is 0. The predicted molar refractivity (Wildman–Crippen MR) is 125 cm³/mol. The molecule has 2 amide bonds. The number of amides is 2. The largest absolute Gasteiger partial charge is 0.391 e. The van der Waals surface area contributed by atoms with Crippen LogP contribution in [0, 0.1) is 11.8 Å². The van der Waals surface area contributed by atoms with Crippen molar-refractivity contribution in [3.05, 3.63) is 0 Å². The van der Waals surface area contributed by atoms with E-state index in [-0.39, 0.29) is 56.1 Å². The second-order valence-corrected chi connectivity index (χ2v) is 12.1. The molecule has 5 rings (SSSR count). The maximum absolute atomic E-state index is 13.8. The van der Waals surface area contributed by atoms with Gasteiger partial charge in [0.25, 0.3) is 0 Å². The molecule has 206 valence electrons. The van der Waals surface area contributed by atoms with Gasteiger partial charge in [0.1, 0.15) is 12.8 Å². The fraction of sp³-hybridized carbons (Fsp3) is 0.920. The average molecular weight is 541 g/mol. The first-order valence-corrected chi connectivity index (χ1v) is 13.6. The van der Waals surface area contributed by atoms with Gasteiger partial charge in [-0.15, -0.1) is 11.6 Å². The summed E-state index contributed by atoms with van der Waals surface area (Å²) in [6.45, 7) is -0.180. The normalized spacial score (nSPS) is 41.1. The quantitative estimate of drug-likeness (QED) is 0.332. The summed E-state index contributed by atoms with van der Waals surface area (Å²) in [5.41, 5.74) is -1.34. The summed E-state index contributed by atoms with van der Waals surface area (Å²) in [5, 5.41) is 16.4. The number of hydrogen-bond acceptors (Lipinski definition) is 4. The lowest BCUT2D eigenvalue weighted by Crippen LogP contribution is -2.70. The van der Waals surface area contributed by atoms with Crippen molar-refractivity contribution in [2.75, 3.05) is 6.61 Å². The smallest absolute Gasteiger partial charge is 0.391 e. The third-order valence-corrected chi connectivity index (χ3v) is 9.48. The Morgan fingerprint density at radius 3 is 2.22 bits per heavy atom. The van der Waals surface area contributed by atoms with E-state index in [0.717, 1.165) is 0 Å². The Hall–Kier alpha value is -1.13. The zero-order chi connectivity index (χ0) is 26.1. The van der Waals surface area contributed by atoms with Crippen LogP contribution in [0.3, 0.4) is 0 Å². The standard InChI is InChI=1S/C25H37ClF4N2O4/c26-18-6-5-17(12-19(18)27)36-14-22(35)31-23-7-9-24(10-8-23,20(33)13-23)32-21(34)11-15-1-3-16(4-2-15)25(28,29)30/h15-20,33H,1-14H2,(H,31,35)(H,32,34). The van der Waals surface area contributed by atoms with Crippen molar-refractivity contribution in [2.45, 2.75) is 124 Å². The zero-order valence-corrected chi connectivity index (χ0v) is 21.2. The maximum Gasteiger partial charge on any atom is 0.391 e. The number of ether oxygens (including phenoxy) is 1. The van der Waals surface area contributed by atoms with Gasteiger partial charge in [-0.3, -0.25) is 9.59 Å². The average Bonchev–Trinajstić information content (AvgIpc) is 2.81. The summed E-state index contributed by atoms with van der Waals surface area (Å²) in [4.78, 5) is 25.3. The monoisotopic (exact) mass is 540 g/mol. The number of aliphatic hydroxyl groups excluding tert-OH is 1. The van der Waals surface area contributed by atoms with Gasteiger partial charge < -0.3 is 20.5 Å². The Labute approximate surface area is 214 Å². The minimum absolute atomic E-state index is 0.0590. The van der Waals surface area contributed by atoms with E-state index >= 15 is 0 Å². The number of fused-ring (bicyclic) bond motifs is 3. The molecule has 2 bridgehead atoms. The van der Waals surface area contributed by atoms with Crippen molar-refractivity contribution in [1.29, 1.82) is 0 Å². The van der Waals surface area contributed by atoms with Gasteiger partial charge in [0.15, 0.2) is 0 Å². The number of alkyl halides is 5. The molecule has 0 aromatic heterocycles. The second-order valence-electron chi connectivity index (χ2n) is 11.5. The molecular formula is C25H37ClF4N2O4. The maximum atomic E-state index is 13.8. The fourth-order valence-electron chi connectivity index (χ4n) is 6.67. The number of nitrogens with one attached hydrogen (secondary N) is 2. The van der Waals surface area contributed by atoms with Gasteiger partial charge in [0.2, 0.25) is 11.8 Å². The highest BCUT2D eigenvalue weighted by molar-refractivity contribution is 6.21. The van der Waals surface area contributed by atoms with E-state index in [1.807, 2.05) is 0 Å². The molecule has 0 aromatic rings. The van der Waals surface area contributed by atoms with Gasteiger partial charge in [-0.1, -0.05) is 0 Å². The molecule has 36 heavy (non-hydrogen) atoms. The molecule has 5 fully saturated rings. The van der Waals surface area contributed by atoms with Gasteiger partial charge in [-0.05, 0) is 76.5 Å². The van der Waals surface area contributed by atoms with Crippen molar-refractivity contribution in [3.8, 4) is 0 Å². The van der Waals surface area contributed by atoms with Crippen LogP contribution in [0.4, 0.5) is 17.6 Å². The van der Waals surface area contributed by atoms with Crippen LogP contribution in [0.15, 0.2) is 0 Å². The SMILES string of the molecule is O=C(COC1CCC(Cl)C(F)C1)NC12CCC(NC(=O)CC3CCC(C(F)(F)F)CC3)(CC1)C(O)C2. The van der Waals surface area contributed by atoms with E-state index in [2.05, 4.69) is 10.6 Å². The molecule has 4 atom stereocenters. The van der Waals surface area contributed by atoms with Crippen LogP contribution >= 0.6 is 11.6 Å². The second kappa shape index (κ2) is 10.9. The van der Waals surface area contributed by atoms with Crippen molar-refractivity contribution < 1.29 is 37.0 Å². The molecule has 11 heteroatoms. The number of aliphatic hydroxyl groups is 1. The Bertz CT molecular complexity index is 797. The third kappa shape index (κ3) is 6.46. The Kier molecular flexibility index (Phi) is 8.47. The van der Waals surface area contributed by atoms with Crippen molar-refractivity contribution in [3.63, 3.8) is 0 Å². The van der Waals surface area contributed by atoms with Gasteiger partial charge in [0, 0.05) is 18.4 Å². The van der Waals surface area contributed by atoms with Crippen LogP contribution in [-0.2, 0) is 14.3 Å².